The zero-order valence-corrected chi connectivity index (χ0v) is 11.0. The molecule has 4 N–H and O–H groups in total. The number of methoxy groups -OCH3 is 1. The number of oxime groups is 1. The summed E-state index contributed by atoms with van der Waals surface area (Å²) in [6, 6.07) is 3.76. The summed E-state index contributed by atoms with van der Waals surface area (Å²) in [5, 5.41) is 21.2. The highest BCUT2D eigenvalue weighted by Gasteiger charge is 2.23. The van der Waals surface area contributed by atoms with Gasteiger partial charge in [0.1, 0.15) is 11.5 Å². The van der Waals surface area contributed by atoms with Crippen molar-refractivity contribution >= 4 is 11.7 Å². The van der Waals surface area contributed by atoms with Crippen molar-refractivity contribution in [1.82, 2.24) is 4.90 Å². The minimum Gasteiger partial charge on any atom is -0.507 e. The highest BCUT2D eigenvalue weighted by Crippen LogP contribution is 2.24. The summed E-state index contributed by atoms with van der Waals surface area (Å²) in [6.07, 6.45) is 0. The third-order valence-electron chi connectivity index (χ3n) is 2.88. The third kappa shape index (κ3) is 3.06. The first-order valence-electron chi connectivity index (χ1n) is 5.54. The predicted octanol–water partition coefficient (Wildman–Crippen LogP) is 0.608. The number of hydrogen-bond donors (Lipinski definition) is 3. The molecule has 0 saturated heterocycles. The maximum absolute atomic E-state index is 12.2. The first-order valence-corrected chi connectivity index (χ1v) is 5.54. The van der Waals surface area contributed by atoms with E-state index in [4.69, 9.17) is 15.7 Å². The number of benzene rings is 1. The van der Waals surface area contributed by atoms with Crippen LogP contribution in [0.5, 0.6) is 11.5 Å². The summed E-state index contributed by atoms with van der Waals surface area (Å²) in [4.78, 5) is 13.4. The van der Waals surface area contributed by atoms with Crippen LogP contribution in [0, 0.1) is 0 Å². The second-order valence-electron chi connectivity index (χ2n) is 4.00. The first-order chi connectivity index (χ1) is 8.92. The zero-order chi connectivity index (χ0) is 14.6. The van der Waals surface area contributed by atoms with E-state index in [-0.39, 0.29) is 17.1 Å². The van der Waals surface area contributed by atoms with Gasteiger partial charge in [0.15, 0.2) is 5.84 Å². The highest BCUT2D eigenvalue weighted by atomic mass is 16.5. The summed E-state index contributed by atoms with van der Waals surface area (Å²) in [7, 11) is 2.96. The number of ether oxygens (including phenoxy) is 1. The molecule has 0 saturated carbocycles. The number of carbonyl (C=O) groups excluding carboxylic acids is 1. The second-order valence-corrected chi connectivity index (χ2v) is 4.00. The number of rotatable bonds is 4. The quantitative estimate of drug-likeness (QED) is 0.320. The topological polar surface area (TPSA) is 108 Å². The van der Waals surface area contributed by atoms with E-state index in [1.54, 1.807) is 13.0 Å². The van der Waals surface area contributed by atoms with E-state index in [9.17, 15) is 9.90 Å². The lowest BCUT2D eigenvalue weighted by Crippen LogP contribution is -2.43. The molecule has 1 unspecified atom stereocenters. The molecular formula is C12H17N3O4. The van der Waals surface area contributed by atoms with E-state index in [1.165, 1.54) is 31.2 Å². The van der Waals surface area contributed by atoms with Gasteiger partial charge in [0.2, 0.25) is 0 Å². The number of amides is 1. The smallest absolute Gasteiger partial charge is 0.257 e. The fourth-order valence-electron chi connectivity index (χ4n) is 1.47. The monoisotopic (exact) mass is 267 g/mol. The molecule has 0 spiro atoms. The average molecular weight is 267 g/mol. The molecule has 0 aromatic heterocycles. The van der Waals surface area contributed by atoms with Gasteiger partial charge in [0.25, 0.3) is 5.91 Å². The third-order valence-corrected chi connectivity index (χ3v) is 2.88. The Bertz CT molecular complexity index is 502. The van der Waals surface area contributed by atoms with Gasteiger partial charge >= 0.3 is 0 Å². The van der Waals surface area contributed by atoms with Crippen molar-refractivity contribution in [3.8, 4) is 11.5 Å². The van der Waals surface area contributed by atoms with Crippen molar-refractivity contribution in [2.75, 3.05) is 14.2 Å². The molecule has 1 aromatic rings. The van der Waals surface area contributed by atoms with Gasteiger partial charge in [-0.2, -0.15) is 0 Å². The van der Waals surface area contributed by atoms with Crippen molar-refractivity contribution in [2.24, 2.45) is 10.9 Å². The van der Waals surface area contributed by atoms with Crippen molar-refractivity contribution in [3.05, 3.63) is 23.8 Å². The molecule has 0 radical (unpaired) electrons. The maximum atomic E-state index is 12.2. The molecule has 19 heavy (non-hydrogen) atoms. The van der Waals surface area contributed by atoms with Gasteiger partial charge in [0, 0.05) is 13.1 Å². The largest absolute Gasteiger partial charge is 0.507 e. The molecule has 7 heteroatoms. The first kappa shape index (κ1) is 14.6. The minimum atomic E-state index is -0.598. The summed E-state index contributed by atoms with van der Waals surface area (Å²) >= 11 is 0. The second kappa shape index (κ2) is 5.94. The molecule has 1 atom stereocenters. The van der Waals surface area contributed by atoms with Crippen LogP contribution < -0.4 is 10.5 Å². The van der Waals surface area contributed by atoms with Crippen LogP contribution >= 0.6 is 0 Å². The molecule has 0 heterocycles. The van der Waals surface area contributed by atoms with Gasteiger partial charge < -0.3 is 25.7 Å². The Hall–Kier alpha value is -2.44. The number of nitrogens with zero attached hydrogens (tertiary/aromatic N) is 2. The maximum Gasteiger partial charge on any atom is 0.257 e. The van der Waals surface area contributed by atoms with Crippen LogP contribution in [0.25, 0.3) is 0 Å². The zero-order valence-electron chi connectivity index (χ0n) is 11.0. The van der Waals surface area contributed by atoms with E-state index in [0.29, 0.717) is 5.75 Å². The number of likely N-dealkylation sites (N-methyl/N-ethyl adjacent to an activating group) is 1. The minimum absolute atomic E-state index is 0.0937. The van der Waals surface area contributed by atoms with Crippen LogP contribution in [-0.4, -0.2) is 47.2 Å². The van der Waals surface area contributed by atoms with Gasteiger partial charge in [-0.05, 0) is 19.1 Å². The van der Waals surface area contributed by atoms with E-state index in [2.05, 4.69) is 5.16 Å². The van der Waals surface area contributed by atoms with Crippen LogP contribution in [0.1, 0.15) is 17.3 Å². The molecule has 0 bridgehead atoms. The normalized spacial score (nSPS) is 12.9. The Morgan fingerprint density at radius 3 is 2.63 bits per heavy atom. The predicted molar refractivity (Wildman–Crippen MR) is 69.6 cm³/mol. The molecule has 0 aliphatic heterocycles. The summed E-state index contributed by atoms with van der Waals surface area (Å²) in [5.74, 6) is -0.285. The number of phenolic OH excluding ortho intramolecular Hbond substituents is 1. The summed E-state index contributed by atoms with van der Waals surface area (Å²) in [6.45, 7) is 1.60. The van der Waals surface area contributed by atoms with Gasteiger partial charge in [-0.15, -0.1) is 0 Å². The number of amidine groups is 1. The summed E-state index contributed by atoms with van der Waals surface area (Å²) < 4.78 is 4.94. The Kier molecular flexibility index (Phi) is 4.57. The van der Waals surface area contributed by atoms with Crippen LogP contribution in [0.2, 0.25) is 0 Å². The number of nitrogens with two attached hydrogens (primary N) is 1. The highest BCUT2D eigenvalue weighted by molar-refractivity contribution is 6.00. The van der Waals surface area contributed by atoms with Crippen LogP contribution in [0.4, 0.5) is 0 Å². The standard InChI is InChI=1S/C12H17N3O4/c1-7(11(13)14-18)15(2)12(17)9-5-4-8(19-3)6-10(9)16/h4-7,16,18H,1-3H3,(H2,13,14). The fourth-order valence-corrected chi connectivity index (χ4v) is 1.47. The van der Waals surface area contributed by atoms with E-state index in [1.807, 2.05) is 0 Å². The number of hydrogen-bond acceptors (Lipinski definition) is 5. The van der Waals surface area contributed by atoms with E-state index >= 15 is 0 Å². The average Bonchev–Trinajstić information content (AvgIpc) is 2.43. The Morgan fingerprint density at radius 1 is 1.53 bits per heavy atom. The van der Waals surface area contributed by atoms with E-state index in [0.717, 1.165) is 0 Å². The van der Waals surface area contributed by atoms with Crippen molar-refractivity contribution in [1.29, 1.82) is 0 Å². The number of aromatic hydroxyl groups is 1. The Labute approximate surface area is 110 Å². The molecule has 1 aromatic carbocycles. The Morgan fingerprint density at radius 2 is 2.16 bits per heavy atom. The lowest BCUT2D eigenvalue weighted by atomic mass is 10.1. The van der Waals surface area contributed by atoms with Crippen LogP contribution in [-0.2, 0) is 0 Å². The molecule has 0 fully saturated rings. The Balaban J connectivity index is 3.00. The van der Waals surface area contributed by atoms with E-state index < -0.39 is 11.9 Å². The van der Waals surface area contributed by atoms with Crippen molar-refractivity contribution in [3.63, 3.8) is 0 Å². The lowest BCUT2D eigenvalue weighted by molar-refractivity contribution is 0.0773. The fraction of sp³-hybridized carbons (Fsp3) is 0.333. The molecular weight excluding hydrogens is 250 g/mol. The SMILES string of the molecule is COc1ccc(C(=O)N(C)C(C)C(N)=NO)c(O)c1. The van der Waals surface area contributed by atoms with Gasteiger partial charge in [0.05, 0.1) is 18.7 Å². The molecule has 104 valence electrons. The summed E-state index contributed by atoms with van der Waals surface area (Å²) in [5.41, 5.74) is 5.55. The van der Waals surface area contributed by atoms with Crippen LogP contribution in [0.3, 0.4) is 0 Å². The molecule has 0 aliphatic carbocycles. The molecule has 0 aliphatic rings. The van der Waals surface area contributed by atoms with Crippen LogP contribution in [0.15, 0.2) is 23.4 Å². The molecule has 1 amide bonds. The van der Waals surface area contributed by atoms with Gasteiger partial charge in [-0.25, -0.2) is 0 Å². The number of phenols is 1. The van der Waals surface area contributed by atoms with Crippen molar-refractivity contribution < 1.29 is 19.8 Å². The van der Waals surface area contributed by atoms with Crippen molar-refractivity contribution in [2.45, 2.75) is 13.0 Å². The lowest BCUT2D eigenvalue weighted by Gasteiger charge is -2.24. The molecule has 7 nitrogen and oxygen atoms in total. The number of carbonyl (C=O) groups is 1. The van der Waals surface area contributed by atoms with Gasteiger partial charge in [-0.3, -0.25) is 4.79 Å². The molecule has 1 rings (SSSR count). The van der Waals surface area contributed by atoms with Gasteiger partial charge in [-0.1, -0.05) is 5.16 Å².